The summed E-state index contributed by atoms with van der Waals surface area (Å²) in [5, 5.41) is 3.60. The van der Waals surface area contributed by atoms with Gasteiger partial charge in [-0.25, -0.2) is 9.37 Å². The largest absolute Gasteiger partial charge is 0.370 e. The minimum Gasteiger partial charge on any atom is -0.370 e. The van der Waals surface area contributed by atoms with Gasteiger partial charge in [0.25, 0.3) is 0 Å². The highest BCUT2D eigenvalue weighted by Crippen LogP contribution is 2.27. The Morgan fingerprint density at radius 2 is 2.06 bits per heavy atom. The van der Waals surface area contributed by atoms with Crippen molar-refractivity contribution in [3.05, 3.63) is 24.1 Å². The van der Waals surface area contributed by atoms with E-state index in [1.807, 2.05) is 0 Å². The number of alkyl halides is 1. The summed E-state index contributed by atoms with van der Waals surface area (Å²) in [5.74, 6) is 1.12. The van der Waals surface area contributed by atoms with Crippen molar-refractivity contribution >= 4 is 17.4 Å². The number of hydrogen-bond acceptors (Lipinski definition) is 2. The highest BCUT2D eigenvalue weighted by molar-refractivity contribution is 6.20. The number of nitrogens with one attached hydrogen (secondary N) is 1. The van der Waals surface area contributed by atoms with Crippen molar-refractivity contribution in [2.75, 3.05) is 11.9 Å². The Labute approximate surface area is 100 Å². The highest BCUT2D eigenvalue weighted by Gasteiger charge is 2.19. The van der Waals surface area contributed by atoms with Crippen LogP contribution in [0.2, 0.25) is 0 Å². The van der Waals surface area contributed by atoms with Gasteiger partial charge in [0.2, 0.25) is 0 Å². The maximum Gasteiger partial charge on any atom is 0.141 e. The smallest absolute Gasteiger partial charge is 0.141 e. The van der Waals surface area contributed by atoms with E-state index in [1.165, 1.54) is 25.1 Å². The summed E-state index contributed by atoms with van der Waals surface area (Å²) in [4.78, 5) is 3.97. The van der Waals surface area contributed by atoms with E-state index in [0.717, 1.165) is 25.2 Å². The predicted molar refractivity (Wildman–Crippen MR) is 64.3 cm³/mol. The lowest BCUT2D eigenvalue weighted by molar-refractivity contribution is 0.377. The Kier molecular flexibility index (Phi) is 3.99. The van der Waals surface area contributed by atoms with E-state index in [9.17, 15) is 4.39 Å². The summed E-state index contributed by atoms with van der Waals surface area (Å²) in [6.45, 7) is 0.905. The molecule has 0 unspecified atom stereocenters. The van der Waals surface area contributed by atoms with Gasteiger partial charge >= 0.3 is 0 Å². The maximum absolute atomic E-state index is 12.6. The van der Waals surface area contributed by atoms with Crippen molar-refractivity contribution < 1.29 is 4.39 Å². The van der Waals surface area contributed by atoms with Crippen LogP contribution in [0.15, 0.2) is 18.3 Å². The Hall–Kier alpha value is -0.830. The molecule has 0 atom stereocenters. The number of aromatic nitrogens is 1. The average molecular weight is 243 g/mol. The lowest BCUT2D eigenvalue weighted by Crippen LogP contribution is -2.21. The molecule has 1 aromatic heterocycles. The van der Waals surface area contributed by atoms with E-state index in [0.29, 0.717) is 11.3 Å². The second kappa shape index (κ2) is 5.48. The first-order valence-corrected chi connectivity index (χ1v) is 6.17. The molecule has 0 aromatic carbocycles. The van der Waals surface area contributed by atoms with E-state index in [1.54, 1.807) is 6.07 Å². The second-order valence-corrected chi connectivity index (χ2v) is 4.98. The number of rotatable bonds is 3. The van der Waals surface area contributed by atoms with Gasteiger partial charge in [0.1, 0.15) is 11.6 Å². The van der Waals surface area contributed by atoms with Crippen LogP contribution in [0.3, 0.4) is 0 Å². The normalized spacial score (nSPS) is 25.4. The molecule has 1 N–H and O–H groups in total. The first-order valence-electron chi connectivity index (χ1n) is 5.73. The van der Waals surface area contributed by atoms with Crippen LogP contribution in [0.25, 0.3) is 0 Å². The SMILES string of the molecule is Fc1ccc(NCC2CCC(Cl)CC2)nc1. The summed E-state index contributed by atoms with van der Waals surface area (Å²) in [6, 6.07) is 3.09. The van der Waals surface area contributed by atoms with Crippen LogP contribution in [-0.4, -0.2) is 16.9 Å². The van der Waals surface area contributed by atoms with E-state index >= 15 is 0 Å². The van der Waals surface area contributed by atoms with Crippen molar-refractivity contribution in [2.24, 2.45) is 5.92 Å². The molecule has 0 amide bonds. The number of pyridine rings is 1. The molecule has 0 radical (unpaired) electrons. The summed E-state index contributed by atoms with van der Waals surface area (Å²) < 4.78 is 12.6. The fourth-order valence-electron chi connectivity index (χ4n) is 2.06. The molecule has 2 rings (SSSR count). The summed E-state index contributed by atoms with van der Waals surface area (Å²) >= 11 is 6.04. The minimum absolute atomic E-state index is 0.298. The van der Waals surface area contributed by atoms with Gasteiger partial charge in [0.05, 0.1) is 6.20 Å². The third kappa shape index (κ3) is 3.34. The molecule has 1 heterocycles. The van der Waals surface area contributed by atoms with Crippen LogP contribution in [0.5, 0.6) is 0 Å². The molecule has 4 heteroatoms. The number of hydrogen-bond donors (Lipinski definition) is 1. The molecule has 1 aliphatic rings. The van der Waals surface area contributed by atoms with Gasteiger partial charge in [0, 0.05) is 11.9 Å². The summed E-state index contributed by atoms with van der Waals surface area (Å²) in [5.41, 5.74) is 0. The van der Waals surface area contributed by atoms with E-state index < -0.39 is 0 Å². The van der Waals surface area contributed by atoms with Gasteiger partial charge in [-0.3, -0.25) is 0 Å². The lowest BCUT2D eigenvalue weighted by atomic mass is 9.89. The van der Waals surface area contributed by atoms with Crippen molar-refractivity contribution in [3.8, 4) is 0 Å². The molecular weight excluding hydrogens is 227 g/mol. The van der Waals surface area contributed by atoms with Gasteiger partial charge in [-0.1, -0.05) is 0 Å². The van der Waals surface area contributed by atoms with Crippen LogP contribution >= 0.6 is 11.6 Å². The standard InChI is InChI=1S/C12H16ClFN2/c13-10-3-1-9(2-4-10)7-15-12-6-5-11(14)8-16-12/h5-6,8-10H,1-4,7H2,(H,15,16). The zero-order valence-electron chi connectivity index (χ0n) is 9.13. The third-order valence-electron chi connectivity index (χ3n) is 3.08. The molecule has 16 heavy (non-hydrogen) atoms. The van der Waals surface area contributed by atoms with Crippen molar-refractivity contribution in [1.82, 2.24) is 4.98 Å². The fraction of sp³-hybridized carbons (Fsp3) is 0.583. The Morgan fingerprint density at radius 1 is 1.31 bits per heavy atom. The van der Waals surface area contributed by atoms with Crippen LogP contribution in [0, 0.1) is 11.7 Å². The van der Waals surface area contributed by atoms with Crippen molar-refractivity contribution in [2.45, 2.75) is 31.1 Å². The Balaban J connectivity index is 1.77. The minimum atomic E-state index is -0.298. The highest BCUT2D eigenvalue weighted by atomic mass is 35.5. The molecule has 0 aliphatic heterocycles. The molecule has 0 saturated heterocycles. The number of anilines is 1. The average Bonchev–Trinajstić information content (AvgIpc) is 2.30. The van der Waals surface area contributed by atoms with E-state index in [-0.39, 0.29) is 5.82 Å². The zero-order valence-corrected chi connectivity index (χ0v) is 9.88. The van der Waals surface area contributed by atoms with Crippen LogP contribution in [0.1, 0.15) is 25.7 Å². The quantitative estimate of drug-likeness (QED) is 0.822. The molecule has 1 fully saturated rings. The van der Waals surface area contributed by atoms with Crippen LogP contribution < -0.4 is 5.32 Å². The van der Waals surface area contributed by atoms with Crippen LogP contribution in [0.4, 0.5) is 10.2 Å². The molecule has 0 spiro atoms. The third-order valence-corrected chi connectivity index (χ3v) is 3.51. The van der Waals surface area contributed by atoms with Crippen LogP contribution in [-0.2, 0) is 0 Å². The molecule has 1 aromatic rings. The molecule has 1 saturated carbocycles. The molecule has 2 nitrogen and oxygen atoms in total. The van der Waals surface area contributed by atoms with E-state index in [4.69, 9.17) is 11.6 Å². The Bertz CT molecular complexity index is 320. The first-order chi connectivity index (χ1) is 7.74. The van der Waals surface area contributed by atoms with Gasteiger partial charge in [0.15, 0.2) is 0 Å². The van der Waals surface area contributed by atoms with Gasteiger partial charge in [-0.2, -0.15) is 0 Å². The summed E-state index contributed by atoms with van der Waals surface area (Å²) in [7, 11) is 0. The Morgan fingerprint density at radius 3 is 2.69 bits per heavy atom. The van der Waals surface area contributed by atoms with E-state index in [2.05, 4.69) is 10.3 Å². The monoisotopic (exact) mass is 242 g/mol. The molecular formula is C12H16ClFN2. The fourth-order valence-corrected chi connectivity index (χ4v) is 2.31. The second-order valence-electron chi connectivity index (χ2n) is 4.36. The van der Waals surface area contributed by atoms with Gasteiger partial charge in [-0.05, 0) is 43.7 Å². The summed E-state index contributed by atoms with van der Waals surface area (Å²) in [6.07, 6.45) is 5.78. The maximum atomic E-state index is 12.6. The molecule has 1 aliphatic carbocycles. The van der Waals surface area contributed by atoms with Gasteiger partial charge in [-0.15, -0.1) is 11.6 Å². The van der Waals surface area contributed by atoms with Crippen molar-refractivity contribution in [1.29, 1.82) is 0 Å². The number of halogens is 2. The molecule has 88 valence electrons. The molecule has 0 bridgehead atoms. The van der Waals surface area contributed by atoms with Gasteiger partial charge < -0.3 is 5.32 Å². The van der Waals surface area contributed by atoms with Crippen molar-refractivity contribution in [3.63, 3.8) is 0 Å². The lowest BCUT2D eigenvalue weighted by Gasteiger charge is -2.25. The topological polar surface area (TPSA) is 24.9 Å². The zero-order chi connectivity index (χ0) is 11.4. The number of nitrogens with zero attached hydrogens (tertiary/aromatic N) is 1. The predicted octanol–water partition coefficient (Wildman–Crippen LogP) is 3.43. The first kappa shape index (κ1) is 11.6.